The third kappa shape index (κ3) is 7.14. The predicted octanol–water partition coefficient (Wildman–Crippen LogP) is 4.04. The largest absolute Gasteiger partial charge is 0.507 e. The lowest BCUT2D eigenvalue weighted by molar-refractivity contribution is -0.138. The lowest BCUT2D eigenvalue weighted by Gasteiger charge is -2.45. The average Bonchev–Trinajstić information content (AvgIpc) is 3.00. The van der Waals surface area contributed by atoms with E-state index in [1.807, 2.05) is 55.8 Å². The fraction of sp³-hybridized carbons (Fsp3) is 0.625. The Hall–Kier alpha value is -3.60. The molecule has 11 nitrogen and oxygen atoms in total. The Morgan fingerprint density at radius 3 is 2.40 bits per heavy atom. The van der Waals surface area contributed by atoms with E-state index in [2.05, 4.69) is 32.2 Å². The number of phenolic OH excluding ortho intramolecular Hbond substituents is 1. The van der Waals surface area contributed by atoms with Crippen LogP contribution in [0.25, 0.3) is 11.3 Å². The van der Waals surface area contributed by atoms with Gasteiger partial charge < -0.3 is 29.9 Å². The van der Waals surface area contributed by atoms with Crippen LogP contribution < -0.4 is 10.2 Å². The summed E-state index contributed by atoms with van der Waals surface area (Å²) < 4.78 is 5.56. The van der Waals surface area contributed by atoms with Crippen molar-refractivity contribution >= 4 is 23.5 Å². The van der Waals surface area contributed by atoms with E-state index in [1.54, 1.807) is 12.1 Å². The van der Waals surface area contributed by atoms with Crippen LogP contribution in [0.2, 0.25) is 0 Å². The van der Waals surface area contributed by atoms with Gasteiger partial charge in [0, 0.05) is 64.0 Å². The summed E-state index contributed by atoms with van der Waals surface area (Å²) in [5.74, 6) is 1.09. The second-order valence-corrected chi connectivity index (χ2v) is 13.1. The van der Waals surface area contributed by atoms with Crippen molar-refractivity contribution in [1.82, 2.24) is 24.9 Å². The molecule has 3 saturated heterocycles. The topological polar surface area (TPSA) is 114 Å². The molecule has 2 atom stereocenters. The Labute approximate surface area is 255 Å². The summed E-state index contributed by atoms with van der Waals surface area (Å²) in [6, 6.07) is 9.58. The molecule has 0 unspecified atom stereocenters. The summed E-state index contributed by atoms with van der Waals surface area (Å²) in [5, 5.41) is 22.3. The zero-order valence-corrected chi connectivity index (χ0v) is 26.3. The fourth-order valence-corrected chi connectivity index (χ4v) is 6.65. The molecular weight excluding hydrogens is 546 g/mol. The Morgan fingerprint density at radius 2 is 1.72 bits per heavy atom. The van der Waals surface area contributed by atoms with Gasteiger partial charge in [-0.15, -0.1) is 10.2 Å². The molecule has 2 N–H and O–H groups in total. The normalized spacial score (nSPS) is 22.4. The molecule has 3 aliphatic rings. The van der Waals surface area contributed by atoms with Crippen LogP contribution in [-0.2, 0) is 9.53 Å². The van der Waals surface area contributed by atoms with Gasteiger partial charge in [0.15, 0.2) is 5.82 Å². The third-order valence-corrected chi connectivity index (χ3v) is 8.87. The van der Waals surface area contributed by atoms with Gasteiger partial charge in [-0.25, -0.2) is 4.79 Å². The number of carbonyl (C=O) groups is 2. The Kier molecular flexibility index (Phi) is 9.29. The van der Waals surface area contributed by atoms with E-state index in [0.29, 0.717) is 55.8 Å². The van der Waals surface area contributed by atoms with Crippen LogP contribution in [0.3, 0.4) is 0 Å². The SMILES string of the molecule is CNc1nnc(-c2ccccc2O)cc1N1CCN(C(=O)[C@H]2CCCN(C3CCN(C(=O)OC(C)(C)C)CC3)C2)C[C@@H]1C. The van der Waals surface area contributed by atoms with Crippen LogP contribution in [0, 0.1) is 5.92 Å². The van der Waals surface area contributed by atoms with Crippen molar-refractivity contribution in [2.24, 2.45) is 5.92 Å². The average molecular weight is 594 g/mol. The van der Waals surface area contributed by atoms with Gasteiger partial charge in [0.25, 0.3) is 0 Å². The fourth-order valence-electron chi connectivity index (χ4n) is 6.65. The molecule has 4 heterocycles. The Balaban J connectivity index is 1.18. The number of hydrogen-bond acceptors (Lipinski definition) is 9. The van der Waals surface area contributed by atoms with Gasteiger partial charge in [0.05, 0.1) is 17.3 Å². The van der Waals surface area contributed by atoms with Crippen molar-refractivity contribution in [3.8, 4) is 17.0 Å². The number of piperazine rings is 1. The molecule has 0 bridgehead atoms. The smallest absolute Gasteiger partial charge is 0.410 e. The number of likely N-dealkylation sites (tertiary alicyclic amines) is 2. The van der Waals surface area contributed by atoms with Gasteiger partial charge >= 0.3 is 6.09 Å². The number of amides is 2. The van der Waals surface area contributed by atoms with E-state index >= 15 is 0 Å². The number of hydrogen-bond donors (Lipinski definition) is 2. The first-order chi connectivity index (χ1) is 20.5. The van der Waals surface area contributed by atoms with E-state index in [4.69, 9.17) is 4.74 Å². The zero-order valence-electron chi connectivity index (χ0n) is 26.3. The number of carbonyl (C=O) groups excluding carboxylic acids is 2. The molecule has 11 heteroatoms. The summed E-state index contributed by atoms with van der Waals surface area (Å²) in [6.07, 6.45) is 3.52. The molecule has 3 aliphatic heterocycles. The lowest BCUT2D eigenvalue weighted by atomic mass is 9.92. The Bertz CT molecular complexity index is 1290. The summed E-state index contributed by atoms with van der Waals surface area (Å²) in [5.41, 5.74) is 1.67. The van der Waals surface area contributed by atoms with E-state index in [0.717, 1.165) is 44.5 Å². The van der Waals surface area contributed by atoms with Crippen LogP contribution >= 0.6 is 0 Å². The first-order valence-electron chi connectivity index (χ1n) is 15.7. The molecule has 3 fully saturated rings. The van der Waals surface area contributed by atoms with Crippen LogP contribution in [0.15, 0.2) is 30.3 Å². The quantitative estimate of drug-likeness (QED) is 0.530. The molecule has 234 valence electrons. The van der Waals surface area contributed by atoms with Crippen LogP contribution in [0.5, 0.6) is 5.75 Å². The highest BCUT2D eigenvalue weighted by Crippen LogP contribution is 2.34. The number of rotatable bonds is 5. The number of para-hydroxylation sites is 1. The molecule has 43 heavy (non-hydrogen) atoms. The number of benzene rings is 1. The van der Waals surface area contributed by atoms with Crippen molar-refractivity contribution in [3.63, 3.8) is 0 Å². The number of nitrogens with one attached hydrogen (secondary N) is 1. The molecule has 2 amide bonds. The zero-order chi connectivity index (χ0) is 30.7. The number of ether oxygens (including phenoxy) is 1. The second-order valence-electron chi connectivity index (χ2n) is 13.1. The van der Waals surface area contributed by atoms with Gasteiger partial charge in [-0.05, 0) is 78.1 Å². The summed E-state index contributed by atoms with van der Waals surface area (Å²) in [4.78, 5) is 34.9. The van der Waals surface area contributed by atoms with Crippen LogP contribution in [0.1, 0.15) is 53.4 Å². The van der Waals surface area contributed by atoms with Crippen molar-refractivity contribution in [3.05, 3.63) is 30.3 Å². The molecule has 0 spiro atoms. The van der Waals surface area contributed by atoms with E-state index in [1.165, 1.54) is 0 Å². The minimum atomic E-state index is -0.489. The number of anilines is 2. The third-order valence-electron chi connectivity index (χ3n) is 8.87. The maximum absolute atomic E-state index is 13.8. The molecule has 0 saturated carbocycles. The van der Waals surface area contributed by atoms with Crippen molar-refractivity contribution in [2.75, 3.05) is 63.1 Å². The number of aromatic hydroxyl groups is 1. The first kappa shape index (κ1) is 30.8. The van der Waals surface area contributed by atoms with Crippen molar-refractivity contribution < 1.29 is 19.4 Å². The molecule has 1 aromatic carbocycles. The van der Waals surface area contributed by atoms with E-state index in [9.17, 15) is 14.7 Å². The molecule has 5 rings (SSSR count). The number of piperidine rings is 2. The monoisotopic (exact) mass is 593 g/mol. The molecular formula is C32H47N7O4. The molecule has 1 aromatic heterocycles. The van der Waals surface area contributed by atoms with E-state index < -0.39 is 5.60 Å². The second kappa shape index (κ2) is 13.0. The van der Waals surface area contributed by atoms with Gasteiger partial charge in [-0.2, -0.15) is 0 Å². The highest BCUT2D eigenvalue weighted by molar-refractivity contribution is 5.80. The summed E-state index contributed by atoms with van der Waals surface area (Å²) in [6.45, 7) is 13.0. The van der Waals surface area contributed by atoms with E-state index in [-0.39, 0.29) is 29.7 Å². The maximum atomic E-state index is 13.8. The summed E-state index contributed by atoms with van der Waals surface area (Å²) >= 11 is 0. The number of nitrogens with zero attached hydrogens (tertiary/aromatic N) is 6. The lowest BCUT2D eigenvalue weighted by Crippen LogP contribution is -2.57. The van der Waals surface area contributed by atoms with Gasteiger partial charge in [-0.3, -0.25) is 9.69 Å². The van der Waals surface area contributed by atoms with Gasteiger partial charge in [-0.1, -0.05) is 12.1 Å². The van der Waals surface area contributed by atoms with Crippen LogP contribution in [-0.4, -0.2) is 113 Å². The molecule has 2 aromatic rings. The Morgan fingerprint density at radius 1 is 0.977 bits per heavy atom. The van der Waals surface area contributed by atoms with Gasteiger partial charge in [0.2, 0.25) is 5.91 Å². The van der Waals surface area contributed by atoms with Crippen molar-refractivity contribution in [1.29, 1.82) is 0 Å². The first-order valence-corrected chi connectivity index (χ1v) is 15.7. The van der Waals surface area contributed by atoms with Gasteiger partial charge in [0.1, 0.15) is 11.4 Å². The molecule has 0 aliphatic carbocycles. The van der Waals surface area contributed by atoms with Crippen LogP contribution in [0.4, 0.5) is 16.3 Å². The molecule has 0 radical (unpaired) electrons. The maximum Gasteiger partial charge on any atom is 0.410 e. The number of aromatic nitrogens is 2. The standard InChI is InChI=1S/C32H47N7O4/c1-22-20-38(17-18-39(22)27-19-26(34-35-29(27)33-5)25-10-6-7-11-28(25)40)30(41)23-9-8-14-37(21-23)24-12-15-36(16-13-24)31(42)43-32(2,3)4/h6-7,10-11,19,22-24,40H,8-9,12-18,20-21H2,1-5H3,(H,33,35)/t22-,23-/m0/s1. The highest BCUT2D eigenvalue weighted by Gasteiger charge is 2.37. The summed E-state index contributed by atoms with van der Waals surface area (Å²) in [7, 11) is 1.83. The number of phenols is 1. The minimum absolute atomic E-state index is 0.000458. The van der Waals surface area contributed by atoms with Crippen molar-refractivity contribution in [2.45, 2.75) is 71.1 Å². The minimum Gasteiger partial charge on any atom is -0.507 e. The highest BCUT2D eigenvalue weighted by atomic mass is 16.6. The predicted molar refractivity (Wildman–Crippen MR) is 167 cm³/mol.